The predicted octanol–water partition coefficient (Wildman–Crippen LogP) is 1.23. The molecule has 11 aliphatic rings. The van der Waals surface area contributed by atoms with E-state index in [0.717, 1.165) is 6.07 Å². The number of esters is 2. The molecule has 13 rings (SSSR count). The molecule has 0 aliphatic carbocycles. The molecule has 0 aromatic heterocycles. The molecule has 2 unspecified atom stereocenters. The van der Waals surface area contributed by atoms with Gasteiger partial charge in [0.15, 0.2) is 67.9 Å². The smallest absolute Gasteiger partial charge is 0.342 e. The number of carbonyl (C=O) groups is 2. The van der Waals surface area contributed by atoms with Gasteiger partial charge in [-0.15, -0.1) is 0 Å². The van der Waals surface area contributed by atoms with E-state index < -0.39 is 242 Å². The van der Waals surface area contributed by atoms with E-state index >= 15 is 0 Å². The molecular formula is C70H98ClNO37. The number of ether oxygens (including phenoxy) is 25. The SMILES string of the molecule is COC[C@H]1O[C@@H](O[C@@H]2OC[C@@H]3OC4(OC[C@@H](OC(=O)c5c(C)cc(O)cc5O)[C@@H]5OCOC54)O[C@H]3[C@H]2O)[C@@H](OC)[C@@H](O)[C@@H]1O[C@@H]1O[C@H](C)[C@H](C)[C@H](O[C@@H]2O[C@H](C)[C@H]3O[C@]4(C[C@@H](O)[C@H](O[C@H]5C[C@@H](O[C@H]6C[C@](C)([N+](=O)[O-])[C@@H](OC)[C@H](C)O6)[C@H](OC(=O)c6c(C)cc(O)c(Cl)c6OC)[C@@H](C)O5)[C@@H](C)O4)O[C@]3(C)[C@@H]2O)[C@H]1O. The van der Waals surface area contributed by atoms with Gasteiger partial charge in [0.1, 0.15) is 125 Å². The third-order valence-corrected chi connectivity index (χ3v) is 22.9. The van der Waals surface area contributed by atoms with Crippen LogP contribution in [0.1, 0.15) is 106 Å². The number of aromatic hydroxyl groups is 3. The normalized spacial score (nSPS) is 46.3. The Morgan fingerprint density at radius 1 is 0.615 bits per heavy atom. The highest BCUT2D eigenvalue weighted by Crippen LogP contribution is 2.53. The molecule has 39 heteroatoms. The van der Waals surface area contributed by atoms with Gasteiger partial charge in [-0.2, -0.15) is 0 Å². The van der Waals surface area contributed by atoms with Crippen LogP contribution in [0, 0.1) is 29.9 Å². The van der Waals surface area contributed by atoms with E-state index in [0.29, 0.717) is 0 Å². The lowest BCUT2D eigenvalue weighted by Crippen LogP contribution is -2.67. The van der Waals surface area contributed by atoms with Crippen molar-refractivity contribution in [1.82, 2.24) is 0 Å². The highest BCUT2D eigenvalue weighted by molar-refractivity contribution is 6.34. The Kier molecular flexibility index (Phi) is 24.2. The average molecular weight is 1580 g/mol. The molecule has 11 aliphatic heterocycles. The first kappa shape index (κ1) is 82.2. The number of aliphatic hydroxyl groups is 5. The summed E-state index contributed by atoms with van der Waals surface area (Å²) in [4.78, 5) is 39.7. The maximum absolute atomic E-state index is 14.2. The number of benzene rings is 2. The van der Waals surface area contributed by atoms with E-state index in [9.17, 15) is 60.6 Å². The minimum Gasteiger partial charge on any atom is -0.508 e. The van der Waals surface area contributed by atoms with Gasteiger partial charge >= 0.3 is 17.9 Å². The Morgan fingerprint density at radius 3 is 2.01 bits per heavy atom. The van der Waals surface area contributed by atoms with Gasteiger partial charge in [-0.1, -0.05) is 18.5 Å². The number of nitro groups is 1. The van der Waals surface area contributed by atoms with Gasteiger partial charge in [0.05, 0.1) is 82.5 Å². The standard InChI is InChI=1S/C70H98ClNO37/c1-25-15-33(73)17-34(74)43(25)61(81)98-39-23-92-70(60-54(39)90-24-91-60)106-40-22-89-63(48(79)53(40)107-70)104-65-56(87-13)46(77)52(38(99-65)21-85-11)103-64-47(78)49(27(3)28(4)95-64)102-66-57(80)68(10)59(32(8)96-66)108-69(109-68)19-36(76)50(30(6)105-69)100-41-18-37(97-42-20-67(9,72(83)84)58(88-14)31(7)94-42)51(29(5)93-41)101-62(82)44-26(2)16-35(75)45(71)55(44)86-12/h15-17,27-32,36-42,46-54,56-60,63-66,73-80H,18-24H2,1-14H3/t27-,28+,29+,30+,31-,32+,36+,37+,38+,39+,40-,41-,42-,46-,47+,48+,49-,50+,51+,52+,53+,54-,56-,57+,58-,59+,60?,63-,64-,65-,66-,67-,68+,69+,70?/m0/s1. The van der Waals surface area contributed by atoms with Crippen LogP contribution in [-0.4, -0.2) is 320 Å². The van der Waals surface area contributed by atoms with Gasteiger partial charge in [-0.05, 0) is 78.6 Å². The molecule has 0 bridgehead atoms. The van der Waals surface area contributed by atoms with Crippen molar-refractivity contribution in [2.24, 2.45) is 5.92 Å². The lowest BCUT2D eigenvalue weighted by Gasteiger charge is -2.50. The Hall–Kier alpha value is -4.81. The maximum Gasteiger partial charge on any atom is 0.342 e. The minimum atomic E-state index is -2.03. The van der Waals surface area contributed by atoms with Crippen LogP contribution in [0.25, 0.3) is 0 Å². The van der Waals surface area contributed by atoms with Crippen molar-refractivity contribution >= 4 is 23.5 Å². The van der Waals surface area contributed by atoms with Gasteiger partial charge < -0.3 is 159 Å². The maximum atomic E-state index is 14.2. The fraction of sp³-hybridized carbons (Fsp3) is 0.800. The number of carbonyl (C=O) groups excluding carboxylic acids is 2. The fourth-order valence-electron chi connectivity index (χ4n) is 16.9. The number of phenols is 3. The van der Waals surface area contributed by atoms with E-state index in [1.54, 1.807) is 55.4 Å². The summed E-state index contributed by atoms with van der Waals surface area (Å²) in [6.45, 7) is 14.8. The minimum absolute atomic E-state index is 0.101. The number of nitrogens with zero attached hydrogens (tertiary/aromatic N) is 1. The first-order chi connectivity index (χ1) is 51.6. The van der Waals surface area contributed by atoms with Gasteiger partial charge in [0.25, 0.3) is 11.5 Å². The summed E-state index contributed by atoms with van der Waals surface area (Å²) >= 11 is 6.37. The van der Waals surface area contributed by atoms with E-state index in [1.165, 1.54) is 54.4 Å². The molecule has 38 nitrogen and oxygen atoms in total. The number of rotatable bonds is 20. The van der Waals surface area contributed by atoms with E-state index in [2.05, 4.69) is 0 Å². The summed E-state index contributed by atoms with van der Waals surface area (Å²) in [5.41, 5.74) is -3.14. The number of hydrogen-bond donors (Lipinski definition) is 8. The molecule has 0 radical (unpaired) electrons. The quantitative estimate of drug-likeness (QED) is 0.0525. The first-order valence-corrected chi connectivity index (χ1v) is 36.5. The van der Waals surface area contributed by atoms with Crippen molar-refractivity contribution in [2.45, 2.75) is 296 Å². The number of aliphatic hydroxyl groups excluding tert-OH is 5. The predicted molar refractivity (Wildman–Crippen MR) is 356 cm³/mol. The van der Waals surface area contributed by atoms with E-state index in [4.69, 9.17) is 130 Å². The van der Waals surface area contributed by atoms with Crippen molar-refractivity contribution in [3.05, 3.63) is 55.6 Å². The molecular weight excluding hydrogens is 1480 g/mol. The molecule has 8 N–H and O–H groups in total. The molecule has 2 aromatic rings. The highest BCUT2D eigenvalue weighted by atomic mass is 35.5. The molecule has 0 saturated carbocycles. The van der Waals surface area contributed by atoms with Crippen LogP contribution in [0.4, 0.5) is 0 Å². The van der Waals surface area contributed by atoms with Gasteiger partial charge in [0.2, 0.25) is 0 Å². The van der Waals surface area contributed by atoms with Crippen LogP contribution >= 0.6 is 11.6 Å². The van der Waals surface area contributed by atoms with Crippen LogP contribution in [0.15, 0.2) is 18.2 Å². The van der Waals surface area contributed by atoms with Crippen LogP contribution in [0.5, 0.6) is 23.0 Å². The number of aryl methyl sites for hydroxylation is 2. The van der Waals surface area contributed by atoms with Crippen LogP contribution in [0.2, 0.25) is 5.02 Å². The topological polar surface area (TPSA) is 470 Å². The number of halogens is 1. The summed E-state index contributed by atoms with van der Waals surface area (Å²) in [6, 6.07) is 3.56. The largest absolute Gasteiger partial charge is 0.508 e. The van der Waals surface area contributed by atoms with Crippen LogP contribution in [-0.2, 0) is 114 Å². The molecule has 0 amide bonds. The number of hydrogen-bond acceptors (Lipinski definition) is 37. The van der Waals surface area contributed by atoms with Crippen LogP contribution < -0.4 is 4.74 Å². The number of phenolic OH excluding ortho intramolecular Hbond substituents is 3. The molecule has 11 fully saturated rings. The van der Waals surface area contributed by atoms with Gasteiger partial charge in [0, 0.05) is 51.6 Å². The summed E-state index contributed by atoms with van der Waals surface area (Å²) < 4.78 is 154. The fourth-order valence-corrected chi connectivity index (χ4v) is 17.1. The summed E-state index contributed by atoms with van der Waals surface area (Å²) in [6.07, 6.45) is -38.2. The zero-order chi connectivity index (χ0) is 78.6. The van der Waals surface area contributed by atoms with Crippen molar-refractivity contribution in [3.8, 4) is 23.0 Å². The molecule has 2 aromatic carbocycles. The van der Waals surface area contributed by atoms with Crippen molar-refractivity contribution < 1.29 is 174 Å². The zero-order valence-corrected chi connectivity index (χ0v) is 63.1. The number of methoxy groups -OCH3 is 4. The molecule has 35 atom stereocenters. The average Bonchev–Trinajstić information content (AvgIpc) is 1.57. The molecule has 11 saturated heterocycles. The monoisotopic (exact) mass is 1580 g/mol. The lowest BCUT2D eigenvalue weighted by atomic mass is 9.85. The van der Waals surface area contributed by atoms with Crippen molar-refractivity contribution in [3.63, 3.8) is 0 Å². The van der Waals surface area contributed by atoms with Gasteiger partial charge in [-0.3, -0.25) is 10.1 Å². The molecule has 11 heterocycles. The summed E-state index contributed by atoms with van der Waals surface area (Å²) in [5.74, 6) is -7.74. The van der Waals surface area contributed by atoms with Crippen molar-refractivity contribution in [2.75, 3.05) is 55.1 Å². The third kappa shape index (κ3) is 15.3. The second-order valence-corrected chi connectivity index (χ2v) is 30.3. The van der Waals surface area contributed by atoms with Crippen molar-refractivity contribution in [1.29, 1.82) is 0 Å². The lowest BCUT2D eigenvalue weighted by molar-refractivity contribution is -0.595. The zero-order valence-electron chi connectivity index (χ0n) is 62.3. The molecule has 109 heavy (non-hydrogen) atoms. The Labute approximate surface area is 630 Å². The van der Waals surface area contributed by atoms with Crippen LogP contribution in [0.3, 0.4) is 0 Å². The number of fused-ring (bicyclic) bond motifs is 4. The second-order valence-electron chi connectivity index (χ2n) is 30.0. The molecule has 612 valence electrons. The Balaban J connectivity index is 0.636. The highest BCUT2D eigenvalue weighted by Gasteiger charge is 2.70. The third-order valence-electron chi connectivity index (χ3n) is 22.5. The van der Waals surface area contributed by atoms with E-state index in [-0.39, 0.29) is 84.0 Å². The van der Waals surface area contributed by atoms with Gasteiger partial charge in [-0.25, -0.2) is 9.59 Å². The second kappa shape index (κ2) is 32.1. The Morgan fingerprint density at radius 2 is 1.32 bits per heavy atom. The Bertz CT molecular complexity index is 3550. The summed E-state index contributed by atoms with van der Waals surface area (Å²) in [7, 11) is 5.25. The molecule has 2 spiro atoms. The summed E-state index contributed by atoms with van der Waals surface area (Å²) in [5, 5.41) is 104. The van der Waals surface area contributed by atoms with E-state index in [1.807, 2.05) is 0 Å². The first-order valence-electron chi connectivity index (χ1n) is 36.2.